The average molecular weight is 295 g/mol. The fraction of sp³-hybridized carbons (Fsp3) is 0.941. The Bertz CT molecular complexity index is 334. The van der Waals surface area contributed by atoms with Crippen LogP contribution in [0.15, 0.2) is 0 Å². The van der Waals surface area contributed by atoms with Crippen molar-refractivity contribution in [2.24, 2.45) is 11.8 Å². The number of nitrogens with zero attached hydrogens (tertiary/aromatic N) is 1. The van der Waals surface area contributed by atoms with Gasteiger partial charge in [-0.3, -0.25) is 4.90 Å². The molecule has 2 fully saturated rings. The van der Waals surface area contributed by atoms with E-state index in [1.165, 1.54) is 38.6 Å². The second-order valence-corrected chi connectivity index (χ2v) is 7.01. The summed E-state index contributed by atoms with van der Waals surface area (Å²) in [6.07, 6.45) is 7.47. The maximum Gasteiger partial charge on any atom is 0.315 e. The minimum absolute atomic E-state index is 0.0302. The number of hydrogen-bond donors (Lipinski definition) is 2. The van der Waals surface area contributed by atoms with Crippen LogP contribution in [0.25, 0.3) is 0 Å². The van der Waals surface area contributed by atoms with Crippen molar-refractivity contribution in [2.45, 2.75) is 71.4 Å². The highest BCUT2D eigenvalue weighted by atomic mass is 16.2. The van der Waals surface area contributed by atoms with Gasteiger partial charge in [-0.05, 0) is 44.2 Å². The molecule has 4 heteroatoms. The number of amides is 2. The summed E-state index contributed by atoms with van der Waals surface area (Å²) in [6, 6.07) is 0.905. The van der Waals surface area contributed by atoms with Crippen LogP contribution in [-0.4, -0.2) is 42.6 Å². The molecule has 21 heavy (non-hydrogen) atoms. The van der Waals surface area contributed by atoms with Gasteiger partial charge >= 0.3 is 6.03 Å². The van der Waals surface area contributed by atoms with Gasteiger partial charge < -0.3 is 10.6 Å². The zero-order chi connectivity index (χ0) is 15.2. The summed E-state index contributed by atoms with van der Waals surface area (Å²) in [5.74, 6) is 1.31. The quantitative estimate of drug-likeness (QED) is 0.837. The summed E-state index contributed by atoms with van der Waals surface area (Å²) in [5, 5.41) is 6.31. The van der Waals surface area contributed by atoms with Gasteiger partial charge in [0.2, 0.25) is 0 Å². The Kier molecular flexibility index (Phi) is 6.34. The van der Waals surface area contributed by atoms with E-state index < -0.39 is 0 Å². The van der Waals surface area contributed by atoms with E-state index in [4.69, 9.17) is 0 Å². The SMILES string of the molecule is CCN1CCCCC1CNC(=O)NC1CCCC(C)C1C. The maximum atomic E-state index is 12.2. The van der Waals surface area contributed by atoms with Crippen molar-refractivity contribution in [3.05, 3.63) is 0 Å². The van der Waals surface area contributed by atoms with E-state index >= 15 is 0 Å². The minimum atomic E-state index is 0.0302. The zero-order valence-corrected chi connectivity index (χ0v) is 14.0. The first-order valence-corrected chi connectivity index (χ1v) is 8.90. The minimum Gasteiger partial charge on any atom is -0.337 e. The Labute approximate surface area is 130 Å². The Morgan fingerprint density at radius 3 is 2.71 bits per heavy atom. The highest BCUT2D eigenvalue weighted by Crippen LogP contribution is 2.29. The van der Waals surface area contributed by atoms with Crippen molar-refractivity contribution < 1.29 is 4.79 Å². The van der Waals surface area contributed by atoms with Crippen LogP contribution in [0.3, 0.4) is 0 Å². The van der Waals surface area contributed by atoms with Crippen LogP contribution in [0.1, 0.15) is 59.3 Å². The normalized spacial score (nSPS) is 34.4. The molecule has 0 spiro atoms. The van der Waals surface area contributed by atoms with Crippen molar-refractivity contribution >= 4 is 6.03 Å². The van der Waals surface area contributed by atoms with Crippen LogP contribution in [0.2, 0.25) is 0 Å². The Balaban J connectivity index is 1.74. The third-order valence-corrected chi connectivity index (χ3v) is 5.68. The second kappa shape index (κ2) is 8.02. The number of urea groups is 1. The summed E-state index contributed by atoms with van der Waals surface area (Å²) in [5.41, 5.74) is 0. The molecule has 2 aliphatic rings. The number of rotatable bonds is 4. The highest BCUT2D eigenvalue weighted by molar-refractivity contribution is 5.74. The van der Waals surface area contributed by atoms with E-state index in [0.29, 0.717) is 18.0 Å². The predicted octanol–water partition coefficient (Wildman–Crippen LogP) is 2.98. The lowest BCUT2D eigenvalue weighted by atomic mass is 9.78. The third kappa shape index (κ3) is 4.60. The first-order valence-electron chi connectivity index (χ1n) is 8.90. The topological polar surface area (TPSA) is 44.4 Å². The summed E-state index contributed by atoms with van der Waals surface area (Å²) < 4.78 is 0. The van der Waals surface area contributed by atoms with Gasteiger partial charge in [-0.1, -0.05) is 40.0 Å². The number of carbonyl (C=O) groups excluding carboxylic acids is 1. The fourth-order valence-electron chi connectivity index (χ4n) is 3.92. The highest BCUT2D eigenvalue weighted by Gasteiger charge is 2.28. The molecule has 0 aromatic rings. The van der Waals surface area contributed by atoms with Crippen LogP contribution in [-0.2, 0) is 0 Å². The van der Waals surface area contributed by atoms with Gasteiger partial charge in [0.05, 0.1) is 0 Å². The van der Waals surface area contributed by atoms with Crippen LogP contribution >= 0.6 is 0 Å². The third-order valence-electron chi connectivity index (χ3n) is 5.68. The molecule has 2 rings (SSSR count). The summed E-state index contributed by atoms with van der Waals surface area (Å²) in [4.78, 5) is 14.7. The maximum absolute atomic E-state index is 12.2. The molecule has 1 aliphatic carbocycles. The van der Waals surface area contributed by atoms with E-state index in [1.54, 1.807) is 0 Å². The van der Waals surface area contributed by atoms with Gasteiger partial charge in [0.25, 0.3) is 0 Å². The molecule has 122 valence electrons. The summed E-state index contributed by atoms with van der Waals surface area (Å²) in [7, 11) is 0. The van der Waals surface area contributed by atoms with E-state index in [0.717, 1.165) is 25.4 Å². The van der Waals surface area contributed by atoms with E-state index in [-0.39, 0.29) is 6.03 Å². The number of nitrogens with one attached hydrogen (secondary N) is 2. The molecule has 0 aromatic heterocycles. The van der Waals surface area contributed by atoms with Crippen LogP contribution < -0.4 is 10.6 Å². The molecular formula is C17H33N3O. The van der Waals surface area contributed by atoms with Gasteiger partial charge in [-0.25, -0.2) is 4.79 Å². The van der Waals surface area contributed by atoms with Gasteiger partial charge in [-0.2, -0.15) is 0 Å². The molecule has 4 atom stereocenters. The lowest BCUT2D eigenvalue weighted by Gasteiger charge is -2.36. The Hall–Kier alpha value is -0.770. The lowest BCUT2D eigenvalue weighted by Crippen LogP contribution is -2.52. The van der Waals surface area contributed by atoms with Crippen molar-refractivity contribution in [1.29, 1.82) is 0 Å². The molecule has 2 amide bonds. The van der Waals surface area contributed by atoms with Crippen LogP contribution in [0, 0.1) is 11.8 Å². The van der Waals surface area contributed by atoms with Gasteiger partial charge in [0, 0.05) is 18.6 Å². The van der Waals surface area contributed by atoms with E-state index in [2.05, 4.69) is 36.3 Å². The Morgan fingerprint density at radius 1 is 1.14 bits per heavy atom. The fourth-order valence-corrected chi connectivity index (χ4v) is 3.92. The second-order valence-electron chi connectivity index (χ2n) is 7.01. The van der Waals surface area contributed by atoms with Gasteiger partial charge in [-0.15, -0.1) is 0 Å². The first kappa shape index (κ1) is 16.6. The molecule has 2 N–H and O–H groups in total. The molecule has 0 radical (unpaired) electrons. The molecule has 1 aliphatic heterocycles. The molecule has 0 aromatic carbocycles. The molecular weight excluding hydrogens is 262 g/mol. The smallest absolute Gasteiger partial charge is 0.315 e. The number of hydrogen-bond acceptors (Lipinski definition) is 2. The van der Waals surface area contributed by atoms with Crippen LogP contribution in [0.5, 0.6) is 0 Å². The molecule has 4 nitrogen and oxygen atoms in total. The average Bonchev–Trinajstić information content (AvgIpc) is 2.50. The molecule has 1 heterocycles. The van der Waals surface area contributed by atoms with Crippen molar-refractivity contribution in [3.8, 4) is 0 Å². The van der Waals surface area contributed by atoms with E-state index in [9.17, 15) is 4.79 Å². The summed E-state index contributed by atoms with van der Waals surface area (Å²) >= 11 is 0. The Morgan fingerprint density at radius 2 is 1.95 bits per heavy atom. The number of likely N-dealkylation sites (tertiary alicyclic amines) is 1. The summed E-state index contributed by atoms with van der Waals surface area (Å²) in [6.45, 7) is 9.85. The lowest BCUT2D eigenvalue weighted by molar-refractivity contribution is 0.151. The monoisotopic (exact) mass is 295 g/mol. The predicted molar refractivity (Wildman–Crippen MR) is 87.4 cm³/mol. The number of likely N-dealkylation sites (N-methyl/N-ethyl adjacent to an activating group) is 1. The number of piperidine rings is 1. The van der Waals surface area contributed by atoms with Gasteiger partial charge in [0.1, 0.15) is 0 Å². The molecule has 1 saturated heterocycles. The van der Waals surface area contributed by atoms with Crippen LogP contribution in [0.4, 0.5) is 4.79 Å². The molecule has 1 saturated carbocycles. The molecule has 4 unspecified atom stereocenters. The number of carbonyl (C=O) groups is 1. The largest absolute Gasteiger partial charge is 0.337 e. The van der Waals surface area contributed by atoms with E-state index in [1.807, 2.05) is 0 Å². The molecule has 0 bridgehead atoms. The van der Waals surface area contributed by atoms with Gasteiger partial charge in [0.15, 0.2) is 0 Å². The zero-order valence-electron chi connectivity index (χ0n) is 14.0. The first-order chi connectivity index (χ1) is 10.1. The standard InChI is InChI=1S/C17H33N3O/c1-4-20-11-6-5-9-15(20)12-18-17(21)19-16-10-7-8-13(2)14(16)3/h13-16H,4-12H2,1-3H3,(H2,18,19,21). The van der Waals surface area contributed by atoms with Crippen molar-refractivity contribution in [1.82, 2.24) is 15.5 Å². The van der Waals surface area contributed by atoms with Crippen molar-refractivity contribution in [3.63, 3.8) is 0 Å². The van der Waals surface area contributed by atoms with Crippen molar-refractivity contribution in [2.75, 3.05) is 19.6 Å².